The second-order valence-electron chi connectivity index (χ2n) is 4.69. The van der Waals surface area contributed by atoms with E-state index in [2.05, 4.69) is 56.7 Å². The van der Waals surface area contributed by atoms with Gasteiger partial charge >= 0.3 is 0 Å². The largest absolute Gasteiger partial charge is 0.367 e. The molecule has 3 rings (SSSR count). The van der Waals surface area contributed by atoms with Crippen LogP contribution < -0.4 is 5.73 Å². The molecule has 0 bridgehead atoms. The highest BCUT2D eigenvalue weighted by Gasteiger charge is 2.21. The average molecular weight is 455 g/mol. The molecule has 0 aliphatic carbocycles. The quantitative estimate of drug-likeness (QED) is 0.537. The second kappa shape index (κ2) is 5.81. The molecule has 0 spiro atoms. The highest BCUT2D eigenvalue weighted by molar-refractivity contribution is 14.1. The number of hydrogen-bond donors (Lipinski definition) is 1. The zero-order valence-electron chi connectivity index (χ0n) is 11.2. The van der Waals surface area contributed by atoms with E-state index in [1.54, 1.807) is 0 Å². The van der Waals surface area contributed by atoms with E-state index >= 15 is 0 Å². The highest BCUT2D eigenvalue weighted by atomic mass is 127. The number of aromatic nitrogens is 1. The average Bonchev–Trinajstić information content (AvgIpc) is 2.84. The van der Waals surface area contributed by atoms with Crippen LogP contribution >= 0.6 is 38.5 Å². The van der Waals surface area contributed by atoms with Crippen molar-refractivity contribution >= 4 is 44.4 Å². The van der Waals surface area contributed by atoms with Gasteiger partial charge in [0.1, 0.15) is 5.69 Å². The monoisotopic (exact) mass is 454 g/mol. The van der Waals surface area contributed by atoms with Crippen molar-refractivity contribution in [3.8, 4) is 22.4 Å². The van der Waals surface area contributed by atoms with Gasteiger partial charge in [0.05, 0.1) is 5.56 Å². The molecule has 0 saturated heterocycles. The first-order chi connectivity index (χ1) is 10.1. The lowest BCUT2D eigenvalue weighted by atomic mass is 10.00. The lowest BCUT2D eigenvalue weighted by molar-refractivity contribution is 0.439. The summed E-state index contributed by atoms with van der Waals surface area (Å²) in [5.74, 6) is 0.328. The number of benzene rings is 2. The van der Waals surface area contributed by atoms with Gasteiger partial charge in [-0.25, -0.2) is 0 Å². The number of nitrogen functional groups attached to an aromatic ring is 1. The molecule has 0 amide bonds. The normalized spacial score (nSPS) is 10.8. The zero-order valence-corrected chi connectivity index (χ0v) is 15.0. The summed E-state index contributed by atoms with van der Waals surface area (Å²) < 4.78 is 7.37. The Morgan fingerprint density at radius 1 is 1.10 bits per heavy atom. The van der Waals surface area contributed by atoms with Gasteiger partial charge in [0.2, 0.25) is 5.88 Å². The molecule has 2 aromatic carbocycles. The minimum atomic E-state index is 0.328. The zero-order chi connectivity index (χ0) is 15.0. The van der Waals surface area contributed by atoms with Gasteiger partial charge < -0.3 is 10.3 Å². The van der Waals surface area contributed by atoms with Crippen molar-refractivity contribution in [2.75, 3.05) is 5.73 Å². The van der Waals surface area contributed by atoms with E-state index in [1.807, 2.05) is 36.4 Å². The van der Waals surface area contributed by atoms with Gasteiger partial charge in [-0.3, -0.25) is 0 Å². The second-order valence-corrected chi connectivity index (χ2v) is 6.62. The van der Waals surface area contributed by atoms with Gasteiger partial charge in [-0.15, -0.1) is 0 Å². The third kappa shape index (κ3) is 2.60. The molecule has 21 heavy (non-hydrogen) atoms. The number of halogens is 2. The fourth-order valence-corrected chi connectivity index (χ4v) is 3.34. The van der Waals surface area contributed by atoms with Crippen LogP contribution in [0, 0.1) is 10.5 Å². The van der Waals surface area contributed by atoms with E-state index in [0.717, 1.165) is 30.4 Å². The summed E-state index contributed by atoms with van der Waals surface area (Å²) in [6.07, 6.45) is 0. The lowest BCUT2D eigenvalue weighted by Crippen LogP contribution is -1.91. The van der Waals surface area contributed by atoms with E-state index in [4.69, 9.17) is 10.3 Å². The SMILES string of the molecule is Cc1cccc(-c2noc(N)c2-c2ccccc2Br)c1I. The maximum Gasteiger partial charge on any atom is 0.230 e. The van der Waals surface area contributed by atoms with Gasteiger partial charge in [0, 0.05) is 19.2 Å². The smallest absolute Gasteiger partial charge is 0.230 e. The minimum Gasteiger partial charge on any atom is -0.367 e. The van der Waals surface area contributed by atoms with Crippen molar-refractivity contribution in [1.29, 1.82) is 0 Å². The first kappa shape index (κ1) is 14.6. The summed E-state index contributed by atoms with van der Waals surface area (Å²) in [4.78, 5) is 0. The van der Waals surface area contributed by atoms with E-state index in [0.29, 0.717) is 5.88 Å². The van der Waals surface area contributed by atoms with Gasteiger partial charge in [0.25, 0.3) is 0 Å². The summed E-state index contributed by atoms with van der Waals surface area (Å²) in [5.41, 5.74) is 10.8. The lowest BCUT2D eigenvalue weighted by Gasteiger charge is -2.08. The number of nitrogens with zero attached hydrogens (tertiary/aromatic N) is 1. The third-order valence-electron chi connectivity index (χ3n) is 3.31. The third-order valence-corrected chi connectivity index (χ3v) is 5.43. The molecule has 0 unspecified atom stereocenters. The van der Waals surface area contributed by atoms with Crippen molar-refractivity contribution in [1.82, 2.24) is 5.16 Å². The Morgan fingerprint density at radius 3 is 2.57 bits per heavy atom. The van der Waals surface area contributed by atoms with Gasteiger partial charge in [-0.2, -0.15) is 0 Å². The Hall–Kier alpha value is -1.34. The molecule has 0 aliphatic heterocycles. The van der Waals surface area contributed by atoms with Gasteiger partial charge in [-0.1, -0.05) is 57.5 Å². The molecule has 1 aromatic heterocycles. The minimum absolute atomic E-state index is 0.328. The van der Waals surface area contributed by atoms with Crippen molar-refractivity contribution in [3.05, 3.63) is 56.1 Å². The molecule has 0 radical (unpaired) electrons. The predicted octanol–water partition coefficient (Wildman–Crippen LogP) is 5.27. The van der Waals surface area contributed by atoms with Crippen LogP contribution in [0.15, 0.2) is 51.5 Å². The van der Waals surface area contributed by atoms with Gasteiger partial charge in [0.15, 0.2) is 0 Å². The molecular formula is C16H12BrIN2O. The first-order valence-electron chi connectivity index (χ1n) is 6.35. The molecule has 106 valence electrons. The van der Waals surface area contributed by atoms with E-state index < -0.39 is 0 Å². The summed E-state index contributed by atoms with van der Waals surface area (Å²) in [6, 6.07) is 14.0. The van der Waals surface area contributed by atoms with E-state index in [9.17, 15) is 0 Å². The Kier molecular flexibility index (Phi) is 4.03. The Balaban J connectivity index is 2.28. The molecular weight excluding hydrogens is 443 g/mol. The fourth-order valence-electron chi connectivity index (χ4n) is 2.24. The fraction of sp³-hybridized carbons (Fsp3) is 0.0625. The van der Waals surface area contributed by atoms with Gasteiger partial charge in [-0.05, 0) is 41.1 Å². The summed E-state index contributed by atoms with van der Waals surface area (Å²) in [5, 5.41) is 4.18. The molecule has 3 nitrogen and oxygen atoms in total. The summed E-state index contributed by atoms with van der Waals surface area (Å²) in [6.45, 7) is 2.08. The van der Waals surface area contributed by atoms with Crippen molar-refractivity contribution in [3.63, 3.8) is 0 Å². The topological polar surface area (TPSA) is 52.0 Å². The number of rotatable bonds is 2. The highest BCUT2D eigenvalue weighted by Crippen LogP contribution is 2.41. The number of hydrogen-bond acceptors (Lipinski definition) is 3. The molecule has 0 atom stereocenters. The number of nitrogens with two attached hydrogens (primary N) is 1. The molecule has 0 saturated carbocycles. The molecule has 5 heteroatoms. The Morgan fingerprint density at radius 2 is 1.81 bits per heavy atom. The van der Waals surface area contributed by atoms with Crippen molar-refractivity contribution in [2.45, 2.75) is 6.92 Å². The van der Waals surface area contributed by atoms with Crippen molar-refractivity contribution < 1.29 is 4.52 Å². The van der Waals surface area contributed by atoms with Crippen molar-refractivity contribution in [2.24, 2.45) is 0 Å². The van der Waals surface area contributed by atoms with Crippen LogP contribution in [0.1, 0.15) is 5.56 Å². The van der Waals surface area contributed by atoms with Crippen LogP contribution in [0.5, 0.6) is 0 Å². The van der Waals surface area contributed by atoms with E-state index in [-0.39, 0.29) is 0 Å². The molecule has 3 aromatic rings. The summed E-state index contributed by atoms with van der Waals surface area (Å²) >= 11 is 5.89. The molecule has 0 fully saturated rings. The van der Waals surface area contributed by atoms with Crippen LogP contribution in [-0.4, -0.2) is 5.16 Å². The molecule has 1 heterocycles. The molecule has 2 N–H and O–H groups in total. The maximum atomic E-state index is 6.02. The van der Waals surface area contributed by atoms with Crippen LogP contribution in [0.2, 0.25) is 0 Å². The van der Waals surface area contributed by atoms with Crippen LogP contribution in [-0.2, 0) is 0 Å². The standard InChI is InChI=1S/C16H12BrIN2O/c1-9-5-4-7-11(14(9)18)15-13(16(19)21-20-15)10-6-2-3-8-12(10)17/h2-8H,19H2,1H3. The maximum absolute atomic E-state index is 6.02. The van der Waals surface area contributed by atoms with E-state index in [1.165, 1.54) is 5.56 Å². The Bertz CT molecular complexity index is 814. The summed E-state index contributed by atoms with van der Waals surface area (Å²) in [7, 11) is 0. The van der Waals surface area contributed by atoms with Crippen LogP contribution in [0.25, 0.3) is 22.4 Å². The van der Waals surface area contributed by atoms with Crippen LogP contribution in [0.4, 0.5) is 5.88 Å². The number of anilines is 1. The Labute approximate surface area is 144 Å². The predicted molar refractivity (Wildman–Crippen MR) is 96.9 cm³/mol. The number of aryl methyl sites for hydroxylation is 1. The molecule has 0 aliphatic rings. The first-order valence-corrected chi connectivity index (χ1v) is 8.22. The van der Waals surface area contributed by atoms with Crippen LogP contribution in [0.3, 0.4) is 0 Å².